The monoisotopic (exact) mass is 222 g/mol. The molecule has 0 N–H and O–H groups in total. The van der Waals surface area contributed by atoms with E-state index in [0.717, 1.165) is 6.07 Å². The van der Waals surface area contributed by atoms with Gasteiger partial charge in [0.1, 0.15) is 12.4 Å². The van der Waals surface area contributed by atoms with Crippen molar-refractivity contribution in [3.63, 3.8) is 0 Å². The third-order valence-electron chi connectivity index (χ3n) is 1.83. The highest BCUT2D eigenvalue weighted by molar-refractivity contribution is 5.89. The van der Waals surface area contributed by atoms with Crippen LogP contribution in [-0.4, -0.2) is 26.8 Å². The average Bonchev–Trinajstić information content (AvgIpc) is 2.30. The third-order valence-corrected chi connectivity index (χ3v) is 1.83. The van der Waals surface area contributed by atoms with Crippen molar-refractivity contribution in [1.82, 2.24) is 0 Å². The van der Waals surface area contributed by atoms with E-state index < -0.39 is 11.8 Å². The summed E-state index contributed by atoms with van der Waals surface area (Å²) in [7, 11) is 2.75. The highest BCUT2D eigenvalue weighted by Gasteiger charge is 2.08. The molecular formula is C12H11FO3. The van der Waals surface area contributed by atoms with Crippen molar-refractivity contribution in [2.24, 2.45) is 0 Å². The molecule has 0 unspecified atom stereocenters. The highest BCUT2D eigenvalue weighted by atomic mass is 19.1. The van der Waals surface area contributed by atoms with Crippen molar-refractivity contribution in [3.05, 3.63) is 35.1 Å². The van der Waals surface area contributed by atoms with Gasteiger partial charge in [0.15, 0.2) is 0 Å². The molecule has 84 valence electrons. The first-order chi connectivity index (χ1) is 7.69. The fourth-order valence-electron chi connectivity index (χ4n) is 1.06. The Labute approximate surface area is 93.2 Å². The number of hydrogen-bond donors (Lipinski definition) is 0. The molecule has 1 rings (SSSR count). The molecule has 0 spiro atoms. The first-order valence-electron chi connectivity index (χ1n) is 4.54. The van der Waals surface area contributed by atoms with Crippen molar-refractivity contribution in [3.8, 4) is 11.8 Å². The standard InChI is InChI=1S/C12H11FO3/c1-15-7-3-4-9-5-6-10(8-11(9)13)12(14)16-2/h5-6,8H,7H2,1-2H3. The predicted octanol–water partition coefficient (Wildman–Crippen LogP) is 1.61. The molecule has 0 aliphatic rings. The SMILES string of the molecule is COCC#Cc1ccc(C(=O)OC)cc1F. The molecule has 0 aliphatic heterocycles. The van der Waals surface area contributed by atoms with Gasteiger partial charge >= 0.3 is 5.97 Å². The lowest BCUT2D eigenvalue weighted by Gasteiger charge is -2.00. The molecular weight excluding hydrogens is 211 g/mol. The zero-order chi connectivity index (χ0) is 12.0. The van der Waals surface area contributed by atoms with Crippen molar-refractivity contribution < 1.29 is 18.7 Å². The predicted molar refractivity (Wildman–Crippen MR) is 56.5 cm³/mol. The van der Waals surface area contributed by atoms with Gasteiger partial charge < -0.3 is 9.47 Å². The molecule has 16 heavy (non-hydrogen) atoms. The van der Waals surface area contributed by atoms with Crippen molar-refractivity contribution in [2.45, 2.75) is 0 Å². The Morgan fingerprint density at radius 2 is 2.19 bits per heavy atom. The van der Waals surface area contributed by atoms with Crippen LogP contribution in [0.25, 0.3) is 0 Å². The van der Waals surface area contributed by atoms with Crippen LogP contribution in [0, 0.1) is 17.7 Å². The van der Waals surface area contributed by atoms with Crippen LogP contribution in [0.1, 0.15) is 15.9 Å². The van der Waals surface area contributed by atoms with Crippen LogP contribution >= 0.6 is 0 Å². The van der Waals surface area contributed by atoms with Crippen molar-refractivity contribution in [2.75, 3.05) is 20.8 Å². The maximum absolute atomic E-state index is 13.4. The number of methoxy groups -OCH3 is 2. The van der Waals surface area contributed by atoms with Crippen LogP contribution < -0.4 is 0 Å². The van der Waals surface area contributed by atoms with Gasteiger partial charge in [-0.25, -0.2) is 9.18 Å². The molecule has 0 fully saturated rings. The molecule has 0 radical (unpaired) electrons. The fraction of sp³-hybridized carbons (Fsp3) is 0.250. The Kier molecular flexibility index (Phi) is 4.49. The minimum Gasteiger partial charge on any atom is -0.465 e. The number of rotatable bonds is 2. The van der Waals surface area contributed by atoms with Gasteiger partial charge in [-0.15, -0.1) is 0 Å². The Morgan fingerprint density at radius 3 is 2.75 bits per heavy atom. The van der Waals surface area contributed by atoms with Crippen LogP contribution in [-0.2, 0) is 9.47 Å². The van der Waals surface area contributed by atoms with Gasteiger partial charge in [0.25, 0.3) is 0 Å². The van der Waals surface area contributed by atoms with E-state index >= 15 is 0 Å². The van der Waals surface area contributed by atoms with Crippen LogP contribution in [0.15, 0.2) is 18.2 Å². The summed E-state index contributed by atoms with van der Waals surface area (Å²) in [6.45, 7) is 0.234. The lowest BCUT2D eigenvalue weighted by molar-refractivity contribution is 0.0600. The second-order valence-electron chi connectivity index (χ2n) is 2.92. The molecule has 0 atom stereocenters. The number of hydrogen-bond acceptors (Lipinski definition) is 3. The first kappa shape index (κ1) is 12.2. The van der Waals surface area contributed by atoms with Gasteiger partial charge in [-0.1, -0.05) is 11.8 Å². The van der Waals surface area contributed by atoms with E-state index in [0.29, 0.717) is 0 Å². The number of esters is 1. The lowest BCUT2D eigenvalue weighted by Crippen LogP contribution is -2.02. The summed E-state index contributed by atoms with van der Waals surface area (Å²) in [5.41, 5.74) is 0.391. The number of halogens is 1. The summed E-state index contributed by atoms with van der Waals surface area (Å²) < 4.78 is 22.6. The van der Waals surface area contributed by atoms with Gasteiger partial charge in [0.2, 0.25) is 0 Å². The highest BCUT2D eigenvalue weighted by Crippen LogP contribution is 2.10. The molecule has 0 heterocycles. The van der Waals surface area contributed by atoms with Crippen LogP contribution in [0.2, 0.25) is 0 Å². The second kappa shape index (κ2) is 5.89. The van der Waals surface area contributed by atoms with Gasteiger partial charge in [-0.2, -0.15) is 0 Å². The quantitative estimate of drug-likeness (QED) is 0.563. The Bertz CT molecular complexity index is 443. The number of benzene rings is 1. The summed E-state index contributed by atoms with van der Waals surface area (Å²) in [5, 5.41) is 0. The summed E-state index contributed by atoms with van der Waals surface area (Å²) >= 11 is 0. The van der Waals surface area contributed by atoms with E-state index in [1.54, 1.807) is 0 Å². The van der Waals surface area contributed by atoms with E-state index in [1.165, 1.54) is 26.4 Å². The summed E-state index contributed by atoms with van der Waals surface area (Å²) in [4.78, 5) is 11.1. The summed E-state index contributed by atoms with van der Waals surface area (Å²) in [6.07, 6.45) is 0. The van der Waals surface area contributed by atoms with Gasteiger partial charge in [0, 0.05) is 7.11 Å². The number of carbonyl (C=O) groups excluding carboxylic acids is 1. The minimum absolute atomic E-state index is 0.164. The smallest absolute Gasteiger partial charge is 0.337 e. The molecule has 4 heteroatoms. The normalized spacial score (nSPS) is 9.19. The molecule has 0 bridgehead atoms. The molecule has 1 aromatic carbocycles. The van der Waals surface area contributed by atoms with Crippen LogP contribution in [0.4, 0.5) is 4.39 Å². The number of ether oxygens (including phenoxy) is 2. The average molecular weight is 222 g/mol. The maximum atomic E-state index is 13.4. The zero-order valence-corrected chi connectivity index (χ0v) is 9.04. The van der Waals surface area contributed by atoms with Crippen molar-refractivity contribution in [1.29, 1.82) is 0 Å². The molecule has 0 saturated carbocycles. The van der Waals surface area contributed by atoms with Crippen LogP contribution in [0.5, 0.6) is 0 Å². The maximum Gasteiger partial charge on any atom is 0.337 e. The zero-order valence-electron chi connectivity index (χ0n) is 9.04. The molecule has 0 aromatic heterocycles. The molecule has 0 saturated heterocycles. The molecule has 0 aliphatic carbocycles. The Hall–Kier alpha value is -1.86. The van der Waals surface area contributed by atoms with E-state index in [4.69, 9.17) is 4.74 Å². The van der Waals surface area contributed by atoms with E-state index in [9.17, 15) is 9.18 Å². The summed E-state index contributed by atoms with van der Waals surface area (Å²) in [5.74, 6) is 4.10. The fourth-order valence-corrected chi connectivity index (χ4v) is 1.06. The van der Waals surface area contributed by atoms with Gasteiger partial charge in [-0.05, 0) is 18.2 Å². The largest absolute Gasteiger partial charge is 0.465 e. The number of carbonyl (C=O) groups is 1. The van der Waals surface area contributed by atoms with Crippen LogP contribution in [0.3, 0.4) is 0 Å². The van der Waals surface area contributed by atoms with E-state index in [2.05, 4.69) is 16.6 Å². The molecule has 0 amide bonds. The topological polar surface area (TPSA) is 35.5 Å². The van der Waals surface area contributed by atoms with Gasteiger partial charge in [0.05, 0.1) is 18.2 Å². The minimum atomic E-state index is -0.574. The summed E-state index contributed by atoms with van der Waals surface area (Å²) in [6, 6.07) is 4.00. The third kappa shape index (κ3) is 3.07. The molecule has 3 nitrogen and oxygen atoms in total. The Morgan fingerprint density at radius 1 is 1.44 bits per heavy atom. The first-order valence-corrected chi connectivity index (χ1v) is 4.54. The Balaban J connectivity index is 2.93. The molecule has 1 aromatic rings. The van der Waals surface area contributed by atoms with Gasteiger partial charge in [-0.3, -0.25) is 0 Å². The lowest BCUT2D eigenvalue weighted by atomic mass is 10.1. The van der Waals surface area contributed by atoms with Crippen molar-refractivity contribution >= 4 is 5.97 Å². The van der Waals surface area contributed by atoms with E-state index in [1.807, 2.05) is 0 Å². The second-order valence-corrected chi connectivity index (χ2v) is 2.92. The van der Waals surface area contributed by atoms with E-state index in [-0.39, 0.29) is 17.7 Å².